The first-order chi connectivity index (χ1) is 7.37. The highest BCUT2D eigenvalue weighted by atomic mass is 32.1. The molecular formula is C12H19NOS. The van der Waals surface area contributed by atoms with Gasteiger partial charge in [-0.15, -0.1) is 11.3 Å². The lowest BCUT2D eigenvalue weighted by molar-refractivity contribution is 0.186. The van der Waals surface area contributed by atoms with E-state index in [0.29, 0.717) is 5.41 Å². The van der Waals surface area contributed by atoms with Crippen molar-refractivity contribution >= 4 is 11.3 Å². The molecule has 0 saturated heterocycles. The third-order valence-corrected chi connectivity index (χ3v) is 4.42. The van der Waals surface area contributed by atoms with Gasteiger partial charge in [-0.1, -0.05) is 12.5 Å². The first kappa shape index (κ1) is 11.1. The molecular weight excluding hydrogens is 206 g/mol. The lowest BCUT2D eigenvalue weighted by Gasteiger charge is -2.41. The van der Waals surface area contributed by atoms with Gasteiger partial charge in [0, 0.05) is 30.5 Å². The Hall–Kier alpha value is -0.380. The van der Waals surface area contributed by atoms with Crippen molar-refractivity contribution in [2.45, 2.75) is 24.7 Å². The summed E-state index contributed by atoms with van der Waals surface area (Å²) in [5, 5.41) is 5.68. The van der Waals surface area contributed by atoms with Gasteiger partial charge in [0.25, 0.3) is 0 Å². The number of ether oxygens (including phenoxy) is 1. The van der Waals surface area contributed by atoms with Crippen LogP contribution in [-0.2, 0) is 10.2 Å². The number of hydrogen-bond acceptors (Lipinski definition) is 3. The number of nitrogens with one attached hydrogen (secondary N) is 1. The standard InChI is InChI=1S/C12H19NOS/c1-14-8-7-13-10-12(5-3-6-12)11-4-2-9-15-11/h2,4,9,13H,3,5-8,10H2,1H3. The Kier molecular flexibility index (Phi) is 3.78. The summed E-state index contributed by atoms with van der Waals surface area (Å²) in [7, 11) is 1.75. The van der Waals surface area contributed by atoms with Gasteiger partial charge in [0.15, 0.2) is 0 Å². The molecule has 84 valence electrons. The fourth-order valence-corrected chi connectivity index (χ4v) is 3.18. The first-order valence-electron chi connectivity index (χ1n) is 5.61. The van der Waals surface area contributed by atoms with Gasteiger partial charge >= 0.3 is 0 Å². The molecule has 1 heterocycles. The van der Waals surface area contributed by atoms with Gasteiger partial charge in [-0.2, -0.15) is 0 Å². The van der Waals surface area contributed by atoms with Gasteiger partial charge < -0.3 is 10.1 Å². The minimum Gasteiger partial charge on any atom is -0.383 e. The molecule has 0 radical (unpaired) electrons. The zero-order valence-electron chi connectivity index (χ0n) is 9.29. The van der Waals surface area contributed by atoms with Crippen LogP contribution in [0, 0.1) is 0 Å². The number of methoxy groups -OCH3 is 1. The van der Waals surface area contributed by atoms with Crippen molar-refractivity contribution in [1.82, 2.24) is 5.32 Å². The maximum atomic E-state index is 5.04. The Labute approximate surface area is 95.6 Å². The second kappa shape index (κ2) is 5.10. The third kappa shape index (κ3) is 2.41. The second-order valence-corrected chi connectivity index (χ2v) is 5.23. The van der Waals surface area contributed by atoms with E-state index in [9.17, 15) is 0 Å². The summed E-state index contributed by atoms with van der Waals surface area (Å²) in [6, 6.07) is 4.44. The first-order valence-corrected chi connectivity index (χ1v) is 6.49. The number of rotatable bonds is 6. The molecule has 0 spiro atoms. The number of hydrogen-bond donors (Lipinski definition) is 1. The summed E-state index contributed by atoms with van der Waals surface area (Å²) in [5.41, 5.74) is 0.446. The maximum absolute atomic E-state index is 5.04. The van der Waals surface area contributed by atoms with E-state index < -0.39 is 0 Å². The monoisotopic (exact) mass is 225 g/mol. The topological polar surface area (TPSA) is 21.3 Å². The van der Waals surface area contributed by atoms with Crippen LogP contribution in [0.2, 0.25) is 0 Å². The lowest BCUT2D eigenvalue weighted by Crippen LogP contribution is -2.43. The summed E-state index contributed by atoms with van der Waals surface area (Å²) in [5.74, 6) is 0. The second-order valence-electron chi connectivity index (χ2n) is 4.28. The minimum absolute atomic E-state index is 0.446. The maximum Gasteiger partial charge on any atom is 0.0587 e. The predicted octanol–water partition coefficient (Wildman–Crippen LogP) is 2.41. The summed E-state index contributed by atoms with van der Waals surface area (Å²) in [4.78, 5) is 1.55. The van der Waals surface area contributed by atoms with Crippen LogP contribution in [0.25, 0.3) is 0 Å². The molecule has 1 N–H and O–H groups in total. The van der Waals surface area contributed by atoms with Crippen molar-refractivity contribution in [2.24, 2.45) is 0 Å². The zero-order valence-corrected chi connectivity index (χ0v) is 10.1. The van der Waals surface area contributed by atoms with Crippen molar-refractivity contribution < 1.29 is 4.74 Å². The fourth-order valence-electron chi connectivity index (χ4n) is 2.20. The van der Waals surface area contributed by atoms with Gasteiger partial charge in [-0.3, -0.25) is 0 Å². The highest BCUT2D eigenvalue weighted by molar-refractivity contribution is 7.10. The van der Waals surface area contributed by atoms with E-state index in [1.165, 1.54) is 19.3 Å². The van der Waals surface area contributed by atoms with E-state index in [4.69, 9.17) is 4.74 Å². The molecule has 2 nitrogen and oxygen atoms in total. The van der Waals surface area contributed by atoms with Crippen molar-refractivity contribution in [1.29, 1.82) is 0 Å². The van der Waals surface area contributed by atoms with Gasteiger partial charge in [-0.25, -0.2) is 0 Å². The van der Waals surface area contributed by atoms with Gasteiger partial charge in [0.05, 0.1) is 6.61 Å². The Morgan fingerprint density at radius 1 is 1.53 bits per heavy atom. The average molecular weight is 225 g/mol. The smallest absolute Gasteiger partial charge is 0.0587 e. The molecule has 0 atom stereocenters. The summed E-state index contributed by atoms with van der Waals surface area (Å²) in [6.07, 6.45) is 4.06. The largest absolute Gasteiger partial charge is 0.383 e. The van der Waals surface area contributed by atoms with E-state index in [2.05, 4.69) is 22.8 Å². The molecule has 0 amide bonds. The molecule has 3 heteroatoms. The van der Waals surface area contributed by atoms with E-state index in [0.717, 1.165) is 19.7 Å². The normalized spacial score (nSPS) is 18.7. The molecule has 1 aliphatic carbocycles. The molecule has 1 aromatic heterocycles. The lowest BCUT2D eigenvalue weighted by atomic mass is 9.68. The molecule has 15 heavy (non-hydrogen) atoms. The van der Waals surface area contributed by atoms with Gasteiger partial charge in [0.2, 0.25) is 0 Å². The molecule has 1 fully saturated rings. The van der Waals surface area contributed by atoms with Crippen LogP contribution in [-0.4, -0.2) is 26.8 Å². The Bertz CT molecular complexity index is 280. The number of thiophene rings is 1. The van der Waals surface area contributed by atoms with Crippen LogP contribution in [0.5, 0.6) is 0 Å². The van der Waals surface area contributed by atoms with Gasteiger partial charge in [0.1, 0.15) is 0 Å². The highest BCUT2D eigenvalue weighted by Crippen LogP contribution is 2.44. The van der Waals surface area contributed by atoms with Crippen molar-refractivity contribution in [3.8, 4) is 0 Å². The van der Waals surface area contributed by atoms with E-state index in [-0.39, 0.29) is 0 Å². The SMILES string of the molecule is COCCNCC1(c2cccs2)CCC1. The minimum atomic E-state index is 0.446. The summed E-state index contributed by atoms with van der Waals surface area (Å²) < 4.78 is 5.04. The van der Waals surface area contributed by atoms with Gasteiger partial charge in [-0.05, 0) is 24.3 Å². The van der Waals surface area contributed by atoms with E-state index in [1.807, 2.05) is 11.3 Å². The molecule has 1 aliphatic rings. The fraction of sp³-hybridized carbons (Fsp3) is 0.667. The third-order valence-electron chi connectivity index (χ3n) is 3.30. The van der Waals surface area contributed by atoms with E-state index in [1.54, 1.807) is 12.0 Å². The summed E-state index contributed by atoms with van der Waals surface area (Å²) >= 11 is 1.90. The van der Waals surface area contributed by atoms with Crippen LogP contribution >= 0.6 is 11.3 Å². The van der Waals surface area contributed by atoms with E-state index >= 15 is 0 Å². The summed E-state index contributed by atoms with van der Waals surface area (Å²) in [6.45, 7) is 2.88. The van der Waals surface area contributed by atoms with Crippen molar-refractivity contribution in [3.63, 3.8) is 0 Å². The van der Waals surface area contributed by atoms with Crippen LogP contribution in [0.1, 0.15) is 24.1 Å². The molecule has 0 unspecified atom stereocenters. The quantitative estimate of drug-likeness (QED) is 0.751. The Balaban J connectivity index is 1.86. The zero-order chi connectivity index (χ0) is 10.6. The van der Waals surface area contributed by atoms with Crippen molar-refractivity contribution in [2.75, 3.05) is 26.8 Å². The molecule has 0 aromatic carbocycles. The van der Waals surface area contributed by atoms with Crippen LogP contribution in [0.3, 0.4) is 0 Å². The predicted molar refractivity (Wildman–Crippen MR) is 64.6 cm³/mol. The molecule has 0 bridgehead atoms. The van der Waals surface area contributed by atoms with Crippen LogP contribution in [0.4, 0.5) is 0 Å². The molecule has 2 rings (SSSR count). The Morgan fingerprint density at radius 3 is 2.93 bits per heavy atom. The average Bonchev–Trinajstić information content (AvgIpc) is 2.69. The molecule has 1 saturated carbocycles. The molecule has 1 aromatic rings. The van der Waals surface area contributed by atoms with Crippen molar-refractivity contribution in [3.05, 3.63) is 22.4 Å². The highest BCUT2D eigenvalue weighted by Gasteiger charge is 2.38. The van der Waals surface area contributed by atoms with Crippen LogP contribution < -0.4 is 5.32 Å². The molecule has 0 aliphatic heterocycles. The van der Waals surface area contributed by atoms with Crippen LogP contribution in [0.15, 0.2) is 17.5 Å². The Morgan fingerprint density at radius 2 is 2.40 bits per heavy atom.